The Morgan fingerprint density at radius 1 is 0.794 bits per heavy atom. The molecule has 68 heavy (non-hydrogen) atoms. The zero-order valence-corrected chi connectivity index (χ0v) is 38.6. The third-order valence-electron chi connectivity index (χ3n) is 11.6. The number of pyridine rings is 2. The Balaban J connectivity index is 0.000000174. The molecule has 20 heteroatoms. The van der Waals surface area contributed by atoms with Gasteiger partial charge in [0.25, 0.3) is 5.97 Å². The molecule has 2 saturated heterocycles. The van der Waals surface area contributed by atoms with Crippen LogP contribution in [0.2, 0.25) is 0 Å². The van der Waals surface area contributed by atoms with Crippen molar-refractivity contribution in [1.29, 1.82) is 0 Å². The molecule has 6 aromatic rings. The number of nitrogens with one attached hydrogen (secondary N) is 1. The number of carbonyl (C=O) groups is 3. The van der Waals surface area contributed by atoms with Crippen LogP contribution in [-0.2, 0) is 20.7 Å². The van der Waals surface area contributed by atoms with Gasteiger partial charge in [-0.05, 0) is 101 Å². The van der Waals surface area contributed by atoms with Crippen LogP contribution in [0.15, 0.2) is 68.0 Å². The molecule has 0 bridgehead atoms. The Morgan fingerprint density at radius 3 is 1.75 bits per heavy atom. The molecule has 2 aliphatic heterocycles. The van der Waals surface area contributed by atoms with Crippen molar-refractivity contribution in [1.82, 2.24) is 44.5 Å². The van der Waals surface area contributed by atoms with Gasteiger partial charge < -0.3 is 35.4 Å². The second kappa shape index (κ2) is 22.7. The predicted molar refractivity (Wildman–Crippen MR) is 250 cm³/mol. The fourth-order valence-corrected chi connectivity index (χ4v) is 8.13. The van der Waals surface area contributed by atoms with E-state index in [-0.39, 0.29) is 36.9 Å². The number of aliphatic carboxylic acids is 1. The van der Waals surface area contributed by atoms with Crippen molar-refractivity contribution < 1.29 is 37.7 Å². The Bertz CT molecular complexity index is 2720. The first-order chi connectivity index (χ1) is 32.9. The Labute approximate surface area is 392 Å². The molecule has 360 valence electrons. The summed E-state index contributed by atoms with van der Waals surface area (Å²) in [6.45, 7) is 11.4. The maximum Gasteiger partial charge on any atom is 0.343 e. The first-order valence-corrected chi connectivity index (χ1v) is 23.1. The predicted octanol–water partition coefficient (Wildman–Crippen LogP) is 6.70. The third-order valence-corrected chi connectivity index (χ3v) is 11.6. The highest BCUT2D eigenvalue weighted by atomic mass is 19.1. The molecule has 10 rings (SSSR count). The first kappa shape index (κ1) is 49.0. The van der Waals surface area contributed by atoms with Crippen LogP contribution in [0.4, 0.5) is 20.4 Å². The molecular formula is C48H58F2N12O6. The van der Waals surface area contributed by atoms with E-state index in [0.29, 0.717) is 46.0 Å². The number of anilines is 2. The standard InChI is InChI=1S/C23H27FN6O2.C20H20FN5O2.C3H7N.C2H4O2/c1-2-32-23(31)18-14-27-30-11-8-21(28-22(18)30)29-10-3-4-20(29)17-12-15(24)13-26-19(17)7-9-25-16-5-6-16;1-3-16-14(10-13(21)11-22-16)17-6-5-8-25(17)18-7-9-26-19(24-18)15(12-23-26)20(27)28-4-2;4-3-1-2-3;1-2(3)4/h8,11-14,16,20,25H,2-7,9-10H2,1H3;3,7,9-12,17H,1,4-6,8H2,2H3;3H,1-2,4H2;1H3,(H,3,4). The number of nitrogens with zero attached hydrogens (tertiary/aromatic N) is 10. The number of fused-ring (bicyclic) bond motifs is 2. The smallest absolute Gasteiger partial charge is 0.343 e. The van der Waals surface area contributed by atoms with Crippen molar-refractivity contribution in [2.45, 2.75) is 103 Å². The van der Waals surface area contributed by atoms with Gasteiger partial charge >= 0.3 is 11.9 Å². The van der Waals surface area contributed by atoms with E-state index in [1.807, 2.05) is 12.1 Å². The van der Waals surface area contributed by atoms with Crippen LogP contribution in [-0.4, -0.2) is 107 Å². The third kappa shape index (κ3) is 12.3. The fraction of sp³-hybridized carbons (Fsp3) is 0.438. The number of esters is 2. The van der Waals surface area contributed by atoms with Crippen LogP contribution in [0.1, 0.15) is 127 Å². The number of rotatable bonds is 13. The number of carboxylic acid groups (broad SMARTS) is 1. The van der Waals surface area contributed by atoms with Gasteiger partial charge in [-0.2, -0.15) is 10.2 Å². The molecule has 2 aliphatic carbocycles. The average molecular weight is 937 g/mol. The molecule has 2 unspecified atom stereocenters. The average Bonchev–Trinajstić information content (AvgIpc) is 4.00. The topological polar surface area (TPSA) is 221 Å². The summed E-state index contributed by atoms with van der Waals surface area (Å²) in [6, 6.07) is 7.97. The Kier molecular flexibility index (Phi) is 16.4. The molecule has 18 nitrogen and oxygen atoms in total. The molecular weight excluding hydrogens is 879 g/mol. The lowest BCUT2D eigenvalue weighted by molar-refractivity contribution is -0.134. The normalized spacial score (nSPS) is 17.4. The lowest BCUT2D eigenvalue weighted by Crippen LogP contribution is -2.26. The van der Waals surface area contributed by atoms with Crippen LogP contribution >= 0.6 is 0 Å². The Morgan fingerprint density at radius 2 is 1.28 bits per heavy atom. The van der Waals surface area contributed by atoms with Gasteiger partial charge in [-0.25, -0.2) is 37.4 Å². The van der Waals surface area contributed by atoms with Crippen molar-refractivity contribution in [3.8, 4) is 0 Å². The van der Waals surface area contributed by atoms with E-state index >= 15 is 0 Å². The minimum absolute atomic E-state index is 0.0157. The SMILES string of the molecule is C=Cc1ncc(F)cc1C1CCCN1c1ccn2ncc(C(=O)OCC)c2n1.CC(=O)O.CCOC(=O)c1cnn2ccc(N3CCCC3c3cc(F)cnc3CCNC3CC3)nc12.NC1CC1. The highest BCUT2D eigenvalue weighted by Crippen LogP contribution is 2.39. The molecule has 4 aliphatic rings. The number of ether oxygens (including phenoxy) is 2. The maximum absolute atomic E-state index is 14.2. The lowest BCUT2D eigenvalue weighted by atomic mass is 10.0. The van der Waals surface area contributed by atoms with Crippen molar-refractivity contribution in [3.05, 3.63) is 113 Å². The van der Waals surface area contributed by atoms with Crippen molar-refractivity contribution >= 4 is 46.9 Å². The van der Waals surface area contributed by atoms with Gasteiger partial charge in [0, 0.05) is 68.7 Å². The van der Waals surface area contributed by atoms with Crippen LogP contribution in [0.3, 0.4) is 0 Å². The minimum atomic E-state index is -0.833. The quantitative estimate of drug-likeness (QED) is 0.103. The van der Waals surface area contributed by atoms with Gasteiger partial charge in [0.2, 0.25) is 0 Å². The summed E-state index contributed by atoms with van der Waals surface area (Å²) in [5, 5.41) is 19.3. The zero-order chi connectivity index (χ0) is 48.3. The second-order valence-electron chi connectivity index (χ2n) is 16.7. The van der Waals surface area contributed by atoms with E-state index in [9.17, 15) is 18.4 Å². The van der Waals surface area contributed by atoms with E-state index in [1.165, 1.54) is 56.5 Å². The van der Waals surface area contributed by atoms with E-state index in [1.54, 1.807) is 47.4 Å². The van der Waals surface area contributed by atoms with Crippen LogP contribution in [0.5, 0.6) is 0 Å². The van der Waals surface area contributed by atoms with Gasteiger partial charge in [0.05, 0.1) is 55.8 Å². The summed E-state index contributed by atoms with van der Waals surface area (Å²) in [6.07, 6.45) is 20.0. The Hall–Kier alpha value is -6.93. The molecule has 4 fully saturated rings. The molecule has 2 atom stereocenters. The lowest BCUT2D eigenvalue weighted by Gasteiger charge is -2.27. The van der Waals surface area contributed by atoms with E-state index < -0.39 is 17.9 Å². The summed E-state index contributed by atoms with van der Waals surface area (Å²) in [5.74, 6) is -1.00. The molecule has 6 aromatic heterocycles. The van der Waals surface area contributed by atoms with E-state index in [2.05, 4.69) is 46.8 Å². The van der Waals surface area contributed by atoms with Gasteiger partial charge in [-0.3, -0.25) is 14.8 Å². The van der Waals surface area contributed by atoms with Crippen LogP contribution in [0.25, 0.3) is 17.4 Å². The summed E-state index contributed by atoms with van der Waals surface area (Å²) in [7, 11) is 0. The van der Waals surface area contributed by atoms with Crippen LogP contribution in [0, 0.1) is 11.6 Å². The summed E-state index contributed by atoms with van der Waals surface area (Å²) < 4.78 is 41.4. The monoisotopic (exact) mass is 936 g/mol. The number of carboxylic acids is 1. The summed E-state index contributed by atoms with van der Waals surface area (Å²) >= 11 is 0. The van der Waals surface area contributed by atoms with Gasteiger partial charge in [-0.1, -0.05) is 6.58 Å². The van der Waals surface area contributed by atoms with Gasteiger partial charge in [0.1, 0.15) is 34.4 Å². The van der Waals surface area contributed by atoms with Crippen molar-refractivity contribution in [2.75, 3.05) is 42.6 Å². The minimum Gasteiger partial charge on any atom is -0.481 e. The maximum atomic E-state index is 14.2. The number of nitrogens with two attached hydrogens (primary N) is 1. The number of hydrogen-bond acceptors (Lipinski definition) is 15. The largest absolute Gasteiger partial charge is 0.481 e. The van der Waals surface area contributed by atoms with E-state index in [4.69, 9.17) is 30.1 Å². The second-order valence-corrected chi connectivity index (χ2v) is 16.7. The van der Waals surface area contributed by atoms with Crippen molar-refractivity contribution in [3.63, 3.8) is 0 Å². The van der Waals surface area contributed by atoms with Crippen LogP contribution < -0.4 is 20.9 Å². The summed E-state index contributed by atoms with van der Waals surface area (Å²) in [5.41, 5.74) is 10.1. The molecule has 0 radical (unpaired) electrons. The molecule has 0 aromatic carbocycles. The number of carbonyl (C=O) groups excluding carboxylic acids is 2. The highest BCUT2D eigenvalue weighted by Gasteiger charge is 2.32. The summed E-state index contributed by atoms with van der Waals surface area (Å²) in [4.78, 5) is 55.7. The molecule has 0 amide bonds. The number of aromatic nitrogens is 8. The fourth-order valence-electron chi connectivity index (χ4n) is 8.13. The molecule has 4 N–H and O–H groups in total. The van der Waals surface area contributed by atoms with Gasteiger partial charge in [-0.15, -0.1) is 0 Å². The number of halogens is 2. The molecule has 2 saturated carbocycles. The van der Waals surface area contributed by atoms with E-state index in [0.717, 1.165) is 81.3 Å². The van der Waals surface area contributed by atoms with Gasteiger partial charge in [0.15, 0.2) is 11.3 Å². The molecule has 0 spiro atoms. The van der Waals surface area contributed by atoms with Crippen molar-refractivity contribution in [2.24, 2.45) is 5.73 Å². The molecule has 8 heterocycles. The number of hydrogen-bond donors (Lipinski definition) is 3. The zero-order valence-electron chi connectivity index (χ0n) is 38.6. The highest BCUT2D eigenvalue weighted by molar-refractivity contribution is 5.96. The first-order valence-electron chi connectivity index (χ1n) is 23.1.